The van der Waals surface area contributed by atoms with Gasteiger partial charge in [0.2, 0.25) is 11.8 Å². The lowest BCUT2D eigenvalue weighted by molar-refractivity contribution is -0.270. The fourth-order valence-corrected chi connectivity index (χ4v) is 5.06. The van der Waals surface area contributed by atoms with E-state index in [2.05, 4.69) is 15.5 Å². The number of rotatable bonds is 16. The van der Waals surface area contributed by atoms with Crippen LogP contribution in [0.15, 0.2) is 0 Å². The van der Waals surface area contributed by atoms with E-state index in [4.69, 9.17) is 14.2 Å². The van der Waals surface area contributed by atoms with Gasteiger partial charge in [-0.2, -0.15) is 0 Å². The lowest BCUT2D eigenvalue weighted by Crippen LogP contribution is -2.64. The maximum absolute atomic E-state index is 11.7. The molecule has 0 spiro atoms. The van der Waals surface area contributed by atoms with Crippen molar-refractivity contribution in [2.75, 3.05) is 39.9 Å². The van der Waals surface area contributed by atoms with Crippen LogP contribution in [0.25, 0.3) is 0 Å². The van der Waals surface area contributed by atoms with E-state index in [0.29, 0.717) is 38.9 Å². The molecule has 0 radical (unpaired) electrons. The van der Waals surface area contributed by atoms with Gasteiger partial charge >= 0.3 is 0 Å². The Bertz CT molecular complexity index is 763. The van der Waals surface area contributed by atoms with Gasteiger partial charge in [0.1, 0.15) is 42.7 Å². The third-order valence-electron chi connectivity index (χ3n) is 7.51. The van der Waals surface area contributed by atoms with Crippen LogP contribution >= 0.6 is 0 Å². The Balaban J connectivity index is 1.93. The number of hydrogen-bond acceptors (Lipinski definition) is 12. The maximum Gasteiger partial charge on any atom is 0.219 e. The highest BCUT2D eigenvalue weighted by atomic mass is 16.7. The normalized spacial score (nSPS) is 34.5. The second-order valence-corrected chi connectivity index (χ2v) is 10.6. The molecule has 0 unspecified atom stereocenters. The van der Waals surface area contributed by atoms with Crippen LogP contribution in [0.4, 0.5) is 0 Å². The molecule has 0 aromatic carbocycles. The lowest BCUT2D eigenvalue weighted by Gasteiger charge is -2.42. The van der Waals surface area contributed by atoms with Gasteiger partial charge in [-0.05, 0) is 45.7 Å². The van der Waals surface area contributed by atoms with Crippen molar-refractivity contribution >= 4 is 11.8 Å². The molecule has 8 N–H and O–H groups in total. The molecule has 0 aliphatic carbocycles. The standard InChI is InChI=1S/C26H49N3O11/c1-15-21(33)25(37)22(34)17(39-15)8-7-11-29(10-6-4-5-9-19(32)27-3)12-13-38-26-20(28-16(2)31)24(36)23(35)18(14-30)40-26/h15,17-18,20-26,30,33-37H,4-14H2,1-3H3,(H,27,32)(H,28,31)/t15-,17-,18+,20+,21+,22+,23+,24+,25+,26+/m0/s1. The number of carbonyl (C=O) groups is 2. The van der Waals surface area contributed by atoms with Gasteiger partial charge in [-0.3, -0.25) is 9.59 Å². The van der Waals surface area contributed by atoms with Crippen molar-refractivity contribution in [1.82, 2.24) is 15.5 Å². The van der Waals surface area contributed by atoms with E-state index in [1.54, 1.807) is 14.0 Å². The second kappa shape index (κ2) is 17.5. The highest BCUT2D eigenvalue weighted by Crippen LogP contribution is 2.25. The van der Waals surface area contributed by atoms with E-state index in [1.165, 1.54) is 6.92 Å². The average molecular weight is 580 g/mol. The van der Waals surface area contributed by atoms with E-state index >= 15 is 0 Å². The Labute approximate surface area is 235 Å². The first-order valence-corrected chi connectivity index (χ1v) is 14.1. The SMILES string of the molecule is CNC(=O)CCCCCN(CCC[C@@H]1O[C@@H](C)[C@@H](O)[C@@H](O)[C@@H]1O)CCO[C@@H]1O[C@H](CO)[C@@H](O)[C@H](O)[C@H]1NC(C)=O. The maximum atomic E-state index is 11.7. The molecule has 10 atom stereocenters. The number of aliphatic hydroxyl groups is 6. The van der Waals surface area contributed by atoms with Crippen molar-refractivity contribution in [3.63, 3.8) is 0 Å². The first-order chi connectivity index (χ1) is 19.0. The molecule has 0 aromatic rings. The molecule has 2 fully saturated rings. The van der Waals surface area contributed by atoms with Gasteiger partial charge in [-0.1, -0.05) is 6.42 Å². The summed E-state index contributed by atoms with van der Waals surface area (Å²) in [7, 11) is 1.60. The molecule has 0 bridgehead atoms. The Hall–Kier alpha value is -1.46. The van der Waals surface area contributed by atoms with E-state index in [1.807, 2.05) is 0 Å². The van der Waals surface area contributed by atoms with Crippen molar-refractivity contribution in [2.45, 2.75) is 114 Å². The fourth-order valence-electron chi connectivity index (χ4n) is 5.06. The van der Waals surface area contributed by atoms with Crippen molar-refractivity contribution in [3.05, 3.63) is 0 Å². The molecule has 0 saturated carbocycles. The number of nitrogens with one attached hydrogen (secondary N) is 2. The van der Waals surface area contributed by atoms with Gasteiger partial charge < -0.3 is 60.4 Å². The highest BCUT2D eigenvalue weighted by molar-refractivity contribution is 5.75. The summed E-state index contributed by atoms with van der Waals surface area (Å²) in [6.07, 6.45) is -5.82. The molecule has 2 rings (SSSR count). The van der Waals surface area contributed by atoms with Gasteiger partial charge in [0.25, 0.3) is 0 Å². The molecule has 2 amide bonds. The Morgan fingerprint density at radius 3 is 2.17 bits per heavy atom. The molecule has 14 heteroatoms. The summed E-state index contributed by atoms with van der Waals surface area (Å²) in [4.78, 5) is 25.3. The van der Waals surface area contributed by atoms with Crippen LogP contribution in [0.3, 0.4) is 0 Å². The van der Waals surface area contributed by atoms with Gasteiger partial charge in [-0.15, -0.1) is 0 Å². The largest absolute Gasteiger partial charge is 0.394 e. The van der Waals surface area contributed by atoms with Gasteiger partial charge in [0.15, 0.2) is 6.29 Å². The third kappa shape index (κ3) is 10.4. The molecule has 2 aliphatic rings. The topological polar surface area (TPSA) is 211 Å². The first-order valence-electron chi connectivity index (χ1n) is 14.1. The van der Waals surface area contributed by atoms with Crippen LogP contribution < -0.4 is 10.6 Å². The van der Waals surface area contributed by atoms with Gasteiger partial charge in [-0.25, -0.2) is 0 Å². The van der Waals surface area contributed by atoms with E-state index < -0.39 is 73.7 Å². The zero-order chi connectivity index (χ0) is 29.8. The van der Waals surface area contributed by atoms with Crippen LogP contribution in [0, 0.1) is 0 Å². The molecule has 14 nitrogen and oxygen atoms in total. The molecule has 40 heavy (non-hydrogen) atoms. The minimum Gasteiger partial charge on any atom is -0.394 e. The number of carbonyl (C=O) groups excluding carboxylic acids is 2. The summed E-state index contributed by atoms with van der Waals surface area (Å²) in [5.41, 5.74) is 0. The van der Waals surface area contributed by atoms with Crippen molar-refractivity contribution in [2.24, 2.45) is 0 Å². The lowest BCUT2D eigenvalue weighted by atomic mass is 9.93. The summed E-state index contributed by atoms with van der Waals surface area (Å²) in [6.45, 7) is 4.30. The monoisotopic (exact) mass is 579 g/mol. The van der Waals surface area contributed by atoms with Crippen LogP contribution in [0.5, 0.6) is 0 Å². The quantitative estimate of drug-likeness (QED) is 0.0872. The van der Waals surface area contributed by atoms with Crippen molar-refractivity contribution < 1.29 is 54.4 Å². The number of aliphatic hydroxyl groups excluding tert-OH is 6. The highest BCUT2D eigenvalue weighted by Gasteiger charge is 2.45. The smallest absolute Gasteiger partial charge is 0.219 e. The molecule has 2 saturated heterocycles. The van der Waals surface area contributed by atoms with E-state index in [9.17, 15) is 40.2 Å². The van der Waals surface area contributed by atoms with E-state index in [0.717, 1.165) is 19.3 Å². The second-order valence-electron chi connectivity index (χ2n) is 10.6. The Morgan fingerprint density at radius 2 is 1.52 bits per heavy atom. The minimum atomic E-state index is -1.40. The van der Waals surface area contributed by atoms with Crippen LogP contribution in [0.2, 0.25) is 0 Å². The number of amides is 2. The molecule has 2 heterocycles. The zero-order valence-corrected chi connectivity index (χ0v) is 23.7. The van der Waals surface area contributed by atoms with Crippen molar-refractivity contribution in [3.8, 4) is 0 Å². The minimum absolute atomic E-state index is 0.00692. The number of nitrogens with zero attached hydrogens (tertiary/aromatic N) is 1. The zero-order valence-electron chi connectivity index (χ0n) is 23.7. The summed E-state index contributed by atoms with van der Waals surface area (Å²) >= 11 is 0. The molecular weight excluding hydrogens is 530 g/mol. The van der Waals surface area contributed by atoms with E-state index in [-0.39, 0.29) is 12.5 Å². The number of ether oxygens (including phenoxy) is 3. The fraction of sp³-hybridized carbons (Fsp3) is 0.923. The summed E-state index contributed by atoms with van der Waals surface area (Å²) in [5.74, 6) is -0.444. The number of unbranched alkanes of at least 4 members (excludes halogenated alkanes) is 2. The third-order valence-corrected chi connectivity index (χ3v) is 7.51. The number of hydrogen-bond donors (Lipinski definition) is 8. The predicted molar refractivity (Wildman–Crippen MR) is 142 cm³/mol. The van der Waals surface area contributed by atoms with Crippen LogP contribution in [-0.2, 0) is 23.8 Å². The molecular formula is C26H49N3O11. The van der Waals surface area contributed by atoms with Gasteiger partial charge in [0, 0.05) is 26.9 Å². The molecule has 234 valence electrons. The molecule has 2 aliphatic heterocycles. The van der Waals surface area contributed by atoms with Crippen LogP contribution in [0.1, 0.15) is 52.4 Å². The molecule has 0 aromatic heterocycles. The van der Waals surface area contributed by atoms with Crippen LogP contribution in [-0.4, -0.2) is 148 Å². The van der Waals surface area contributed by atoms with Gasteiger partial charge in [0.05, 0.1) is 25.4 Å². The first kappa shape index (κ1) is 34.7. The Kier molecular flexibility index (Phi) is 15.2. The summed E-state index contributed by atoms with van der Waals surface area (Å²) in [6, 6.07) is -1.03. The predicted octanol–water partition coefficient (Wildman–Crippen LogP) is -2.79. The summed E-state index contributed by atoms with van der Waals surface area (Å²) < 4.78 is 17.2. The average Bonchev–Trinajstić information content (AvgIpc) is 2.92. The van der Waals surface area contributed by atoms with Crippen molar-refractivity contribution in [1.29, 1.82) is 0 Å². The summed E-state index contributed by atoms with van der Waals surface area (Å²) in [5, 5.41) is 65.6. The Morgan fingerprint density at radius 1 is 0.850 bits per heavy atom.